The van der Waals surface area contributed by atoms with Gasteiger partial charge in [-0.25, -0.2) is 0 Å². The molecule has 0 atom stereocenters. The predicted molar refractivity (Wildman–Crippen MR) is 66.4 cm³/mol. The molecule has 1 aromatic carbocycles. The van der Waals surface area contributed by atoms with E-state index < -0.39 is 4.92 Å². The van der Waals surface area contributed by atoms with Crippen molar-refractivity contribution in [2.45, 2.75) is 13.5 Å². The first kappa shape index (κ1) is 12.0. The number of nitrogens with zero attached hydrogens (tertiary/aromatic N) is 2. The summed E-state index contributed by atoms with van der Waals surface area (Å²) in [6.45, 7) is 1.99. The van der Waals surface area contributed by atoms with Crippen LogP contribution in [-0.2, 0) is 6.61 Å². The Kier molecular flexibility index (Phi) is 3.52. The van der Waals surface area contributed by atoms with E-state index in [1.807, 2.05) is 30.3 Å². The minimum absolute atomic E-state index is 0.189. The molecule has 0 N–H and O–H groups in total. The molecule has 18 heavy (non-hydrogen) atoms. The lowest BCUT2D eigenvalue weighted by atomic mass is 10.2. The molecular formula is C13H12N2O3. The zero-order valence-corrected chi connectivity index (χ0v) is 9.87. The van der Waals surface area contributed by atoms with Gasteiger partial charge in [0.15, 0.2) is 0 Å². The lowest BCUT2D eigenvalue weighted by Crippen LogP contribution is -2.01. The zero-order valence-electron chi connectivity index (χ0n) is 9.87. The van der Waals surface area contributed by atoms with E-state index in [0.717, 1.165) is 5.56 Å². The molecule has 0 spiro atoms. The van der Waals surface area contributed by atoms with Crippen LogP contribution in [0.25, 0.3) is 0 Å². The Hall–Kier alpha value is -2.43. The molecule has 0 radical (unpaired) electrons. The van der Waals surface area contributed by atoms with E-state index in [1.165, 1.54) is 0 Å². The van der Waals surface area contributed by atoms with Crippen molar-refractivity contribution < 1.29 is 9.66 Å². The maximum absolute atomic E-state index is 10.8. The second-order valence-corrected chi connectivity index (χ2v) is 3.81. The Morgan fingerprint density at radius 3 is 2.61 bits per heavy atom. The SMILES string of the molecule is Cc1ccc(OCc2ccccc2)c([N+](=O)[O-])n1. The smallest absolute Gasteiger partial charge is 0.406 e. The summed E-state index contributed by atoms with van der Waals surface area (Å²) in [5.74, 6) is -0.0552. The third-order valence-corrected chi connectivity index (χ3v) is 2.39. The van der Waals surface area contributed by atoms with Gasteiger partial charge in [0.25, 0.3) is 0 Å². The molecule has 0 saturated carbocycles. The van der Waals surface area contributed by atoms with Crippen molar-refractivity contribution in [1.82, 2.24) is 4.98 Å². The highest BCUT2D eigenvalue weighted by molar-refractivity contribution is 5.40. The summed E-state index contributed by atoms with van der Waals surface area (Å²) >= 11 is 0. The molecule has 0 saturated heterocycles. The van der Waals surface area contributed by atoms with E-state index in [-0.39, 0.29) is 18.2 Å². The number of aromatic nitrogens is 1. The van der Waals surface area contributed by atoms with Gasteiger partial charge in [0.1, 0.15) is 12.3 Å². The second kappa shape index (κ2) is 5.27. The van der Waals surface area contributed by atoms with Crippen LogP contribution >= 0.6 is 0 Å². The van der Waals surface area contributed by atoms with Crippen molar-refractivity contribution in [2.24, 2.45) is 0 Å². The molecule has 1 aromatic heterocycles. The van der Waals surface area contributed by atoms with Crippen LogP contribution in [0.1, 0.15) is 11.3 Å². The minimum Gasteiger partial charge on any atom is -0.481 e. The van der Waals surface area contributed by atoms with Gasteiger partial charge in [-0.2, -0.15) is 0 Å². The topological polar surface area (TPSA) is 65.3 Å². The van der Waals surface area contributed by atoms with Crippen molar-refractivity contribution in [3.63, 3.8) is 0 Å². The number of hydrogen-bond donors (Lipinski definition) is 0. The summed E-state index contributed by atoms with van der Waals surface area (Å²) in [5.41, 5.74) is 1.54. The van der Waals surface area contributed by atoms with E-state index in [2.05, 4.69) is 4.98 Å². The summed E-state index contributed by atoms with van der Waals surface area (Å²) in [6.07, 6.45) is 0. The quantitative estimate of drug-likeness (QED) is 0.612. The van der Waals surface area contributed by atoms with Crippen LogP contribution in [0.4, 0.5) is 5.82 Å². The van der Waals surface area contributed by atoms with Gasteiger partial charge in [-0.15, -0.1) is 0 Å². The van der Waals surface area contributed by atoms with Crippen LogP contribution in [0.5, 0.6) is 5.75 Å². The number of pyridine rings is 1. The van der Waals surface area contributed by atoms with Gasteiger partial charge in [0, 0.05) is 6.92 Å². The standard InChI is InChI=1S/C13H12N2O3/c1-10-7-8-12(13(14-10)15(16)17)18-9-11-5-3-2-4-6-11/h2-8H,9H2,1H3. The van der Waals surface area contributed by atoms with Crippen LogP contribution in [0.15, 0.2) is 42.5 Å². The van der Waals surface area contributed by atoms with Gasteiger partial charge < -0.3 is 14.9 Å². The lowest BCUT2D eigenvalue weighted by molar-refractivity contribution is -0.390. The minimum atomic E-state index is -0.534. The molecule has 5 nitrogen and oxygen atoms in total. The molecule has 0 bridgehead atoms. The van der Waals surface area contributed by atoms with Crippen molar-refractivity contribution in [1.29, 1.82) is 0 Å². The number of ether oxygens (including phenoxy) is 1. The number of benzene rings is 1. The van der Waals surface area contributed by atoms with Crippen LogP contribution in [0, 0.1) is 17.0 Å². The van der Waals surface area contributed by atoms with Crippen LogP contribution in [0.3, 0.4) is 0 Å². The van der Waals surface area contributed by atoms with E-state index in [0.29, 0.717) is 5.69 Å². The zero-order chi connectivity index (χ0) is 13.0. The normalized spacial score (nSPS) is 10.1. The molecule has 0 amide bonds. The highest BCUT2D eigenvalue weighted by Crippen LogP contribution is 2.25. The van der Waals surface area contributed by atoms with Crippen molar-refractivity contribution in [3.05, 3.63) is 63.8 Å². The number of nitro groups is 1. The third kappa shape index (κ3) is 2.82. The van der Waals surface area contributed by atoms with E-state index >= 15 is 0 Å². The number of aryl methyl sites for hydroxylation is 1. The summed E-state index contributed by atoms with van der Waals surface area (Å²) < 4.78 is 5.44. The lowest BCUT2D eigenvalue weighted by Gasteiger charge is -2.06. The van der Waals surface area contributed by atoms with Crippen LogP contribution < -0.4 is 4.74 Å². The summed E-state index contributed by atoms with van der Waals surface area (Å²) in [7, 11) is 0. The van der Waals surface area contributed by atoms with Gasteiger partial charge in [-0.1, -0.05) is 30.3 Å². The van der Waals surface area contributed by atoms with E-state index in [4.69, 9.17) is 4.74 Å². The molecule has 92 valence electrons. The number of rotatable bonds is 4. The average molecular weight is 244 g/mol. The van der Waals surface area contributed by atoms with Gasteiger partial charge in [-0.3, -0.25) is 0 Å². The van der Waals surface area contributed by atoms with Gasteiger partial charge in [0.2, 0.25) is 5.75 Å². The predicted octanol–water partition coefficient (Wildman–Crippen LogP) is 2.88. The first-order chi connectivity index (χ1) is 8.66. The first-order valence-electron chi connectivity index (χ1n) is 5.45. The highest BCUT2D eigenvalue weighted by atomic mass is 16.6. The second-order valence-electron chi connectivity index (χ2n) is 3.81. The van der Waals surface area contributed by atoms with Crippen LogP contribution in [-0.4, -0.2) is 9.91 Å². The largest absolute Gasteiger partial charge is 0.481 e. The van der Waals surface area contributed by atoms with Crippen LogP contribution in [0.2, 0.25) is 0 Å². The average Bonchev–Trinajstić information content (AvgIpc) is 2.38. The van der Waals surface area contributed by atoms with Crippen molar-refractivity contribution in [3.8, 4) is 5.75 Å². The molecule has 0 unspecified atom stereocenters. The molecule has 0 aliphatic heterocycles. The Labute approximate surface area is 104 Å². The maximum Gasteiger partial charge on any atom is 0.406 e. The third-order valence-electron chi connectivity index (χ3n) is 2.39. The highest BCUT2D eigenvalue weighted by Gasteiger charge is 2.17. The summed E-state index contributed by atoms with van der Waals surface area (Å²) in [5, 5.41) is 10.8. The van der Waals surface area contributed by atoms with E-state index in [1.54, 1.807) is 19.1 Å². The number of hydrogen-bond acceptors (Lipinski definition) is 4. The molecule has 1 heterocycles. The van der Waals surface area contributed by atoms with E-state index in [9.17, 15) is 10.1 Å². The monoisotopic (exact) mass is 244 g/mol. The first-order valence-corrected chi connectivity index (χ1v) is 5.45. The fourth-order valence-corrected chi connectivity index (χ4v) is 1.51. The molecular weight excluding hydrogens is 232 g/mol. The molecule has 0 aliphatic carbocycles. The van der Waals surface area contributed by atoms with Crippen molar-refractivity contribution in [2.75, 3.05) is 0 Å². The van der Waals surface area contributed by atoms with Crippen molar-refractivity contribution >= 4 is 5.82 Å². The Bertz CT molecular complexity index is 555. The van der Waals surface area contributed by atoms with Gasteiger partial charge in [0.05, 0.1) is 0 Å². The summed E-state index contributed by atoms with van der Waals surface area (Å²) in [6, 6.07) is 12.7. The summed E-state index contributed by atoms with van der Waals surface area (Å²) in [4.78, 5) is 14.2. The van der Waals surface area contributed by atoms with Gasteiger partial charge >= 0.3 is 5.82 Å². The molecule has 0 aliphatic rings. The molecule has 5 heteroatoms. The fraction of sp³-hybridized carbons (Fsp3) is 0.154. The maximum atomic E-state index is 10.8. The molecule has 2 rings (SSSR count). The fourth-order valence-electron chi connectivity index (χ4n) is 1.51. The van der Waals surface area contributed by atoms with Gasteiger partial charge in [-0.05, 0) is 27.6 Å². The molecule has 2 aromatic rings. The Morgan fingerprint density at radius 1 is 1.22 bits per heavy atom. The Balaban J connectivity index is 2.17. The Morgan fingerprint density at radius 2 is 1.94 bits per heavy atom. The molecule has 0 fully saturated rings.